The molecule has 128 valence electrons. The van der Waals surface area contributed by atoms with Crippen molar-refractivity contribution in [1.82, 2.24) is 4.98 Å². The van der Waals surface area contributed by atoms with E-state index < -0.39 is 5.82 Å². The summed E-state index contributed by atoms with van der Waals surface area (Å²) in [7, 11) is 0. The molecule has 0 amide bonds. The summed E-state index contributed by atoms with van der Waals surface area (Å²) in [5.41, 5.74) is 0. The van der Waals surface area contributed by atoms with Crippen molar-refractivity contribution in [3.8, 4) is 23.1 Å². The van der Waals surface area contributed by atoms with E-state index in [-0.39, 0.29) is 18.5 Å². The summed E-state index contributed by atoms with van der Waals surface area (Å²) in [6, 6.07) is 19.0. The maximum Gasteiger partial charge on any atom is 0.213 e. The molecule has 0 bridgehead atoms. The van der Waals surface area contributed by atoms with Gasteiger partial charge in [0.25, 0.3) is 0 Å². The molecule has 0 saturated carbocycles. The standard InChI is InChI=1S/C20H18FNO3/c1-15(24-20-9-5-6-12-22-20)14-23-17-10-11-19(18(21)13-17)25-16-7-3-2-4-8-16/h2-13,15H,14H2,1H3. The second-order valence-electron chi connectivity index (χ2n) is 5.41. The maximum absolute atomic E-state index is 14.2. The van der Waals surface area contributed by atoms with E-state index in [1.54, 1.807) is 36.5 Å². The molecule has 1 unspecified atom stereocenters. The lowest BCUT2D eigenvalue weighted by Crippen LogP contribution is -2.21. The minimum Gasteiger partial charge on any atom is -0.490 e. The summed E-state index contributed by atoms with van der Waals surface area (Å²) in [4.78, 5) is 4.08. The summed E-state index contributed by atoms with van der Waals surface area (Å²) >= 11 is 0. The molecule has 25 heavy (non-hydrogen) atoms. The predicted molar refractivity (Wildman–Crippen MR) is 92.7 cm³/mol. The highest BCUT2D eigenvalue weighted by atomic mass is 19.1. The van der Waals surface area contributed by atoms with Crippen molar-refractivity contribution >= 4 is 0 Å². The van der Waals surface area contributed by atoms with Crippen LogP contribution in [-0.4, -0.2) is 17.7 Å². The predicted octanol–water partition coefficient (Wildman–Crippen LogP) is 4.86. The van der Waals surface area contributed by atoms with E-state index in [1.165, 1.54) is 6.07 Å². The number of halogens is 1. The molecule has 0 aliphatic rings. The lowest BCUT2D eigenvalue weighted by molar-refractivity contribution is 0.138. The first-order valence-corrected chi connectivity index (χ1v) is 7.93. The molecule has 4 nitrogen and oxygen atoms in total. The molecular weight excluding hydrogens is 321 g/mol. The monoisotopic (exact) mass is 339 g/mol. The zero-order valence-corrected chi connectivity index (χ0v) is 13.8. The Hall–Kier alpha value is -3.08. The Morgan fingerprint density at radius 3 is 2.48 bits per heavy atom. The number of benzene rings is 2. The van der Waals surface area contributed by atoms with Gasteiger partial charge in [-0.25, -0.2) is 9.37 Å². The number of ether oxygens (including phenoxy) is 3. The molecule has 0 spiro atoms. The van der Waals surface area contributed by atoms with Gasteiger partial charge in [0.1, 0.15) is 24.2 Å². The molecule has 0 radical (unpaired) electrons. The minimum absolute atomic E-state index is 0.149. The molecule has 2 aromatic carbocycles. The Morgan fingerprint density at radius 1 is 0.960 bits per heavy atom. The van der Waals surface area contributed by atoms with Gasteiger partial charge in [-0.1, -0.05) is 24.3 Å². The Balaban J connectivity index is 1.55. The smallest absolute Gasteiger partial charge is 0.213 e. The molecule has 0 aliphatic heterocycles. The molecule has 0 saturated heterocycles. The fourth-order valence-electron chi connectivity index (χ4n) is 2.14. The molecule has 1 aromatic heterocycles. The van der Waals surface area contributed by atoms with Crippen molar-refractivity contribution in [3.05, 3.63) is 78.7 Å². The van der Waals surface area contributed by atoms with Crippen LogP contribution in [0, 0.1) is 5.82 Å². The number of nitrogens with zero attached hydrogens (tertiary/aromatic N) is 1. The highest BCUT2D eigenvalue weighted by molar-refractivity contribution is 5.36. The third kappa shape index (κ3) is 4.94. The lowest BCUT2D eigenvalue weighted by atomic mass is 10.3. The lowest BCUT2D eigenvalue weighted by Gasteiger charge is -2.15. The number of hydrogen-bond acceptors (Lipinski definition) is 4. The first-order valence-electron chi connectivity index (χ1n) is 7.93. The average Bonchev–Trinajstić information content (AvgIpc) is 2.64. The third-order valence-electron chi connectivity index (χ3n) is 3.32. The van der Waals surface area contributed by atoms with Crippen LogP contribution in [0.25, 0.3) is 0 Å². The van der Waals surface area contributed by atoms with Gasteiger partial charge in [-0.05, 0) is 37.3 Å². The fourth-order valence-corrected chi connectivity index (χ4v) is 2.14. The molecule has 1 heterocycles. The van der Waals surface area contributed by atoms with E-state index in [2.05, 4.69) is 4.98 Å². The molecule has 0 aliphatic carbocycles. The largest absolute Gasteiger partial charge is 0.490 e. The van der Waals surface area contributed by atoms with Crippen molar-refractivity contribution < 1.29 is 18.6 Å². The molecule has 5 heteroatoms. The molecular formula is C20H18FNO3. The number of rotatable bonds is 7. The van der Waals surface area contributed by atoms with Gasteiger partial charge in [-0.15, -0.1) is 0 Å². The second-order valence-corrected chi connectivity index (χ2v) is 5.41. The summed E-state index contributed by atoms with van der Waals surface area (Å²) in [6.45, 7) is 2.13. The highest BCUT2D eigenvalue weighted by Gasteiger charge is 2.09. The highest BCUT2D eigenvalue weighted by Crippen LogP contribution is 2.27. The molecule has 0 N–H and O–H groups in total. The van der Waals surface area contributed by atoms with Crippen LogP contribution >= 0.6 is 0 Å². The SMILES string of the molecule is CC(COc1ccc(Oc2ccccc2)c(F)c1)Oc1ccccn1. The summed E-state index contributed by atoms with van der Waals surface area (Å²) in [5, 5.41) is 0. The Kier molecular flexibility index (Phi) is 5.46. The second kappa shape index (κ2) is 8.15. The first kappa shape index (κ1) is 16.8. The van der Waals surface area contributed by atoms with E-state index >= 15 is 0 Å². The number of pyridine rings is 1. The zero-order valence-electron chi connectivity index (χ0n) is 13.8. The van der Waals surface area contributed by atoms with E-state index in [0.717, 1.165) is 0 Å². The molecule has 3 aromatic rings. The van der Waals surface area contributed by atoms with Crippen LogP contribution in [-0.2, 0) is 0 Å². The van der Waals surface area contributed by atoms with Gasteiger partial charge in [0, 0.05) is 18.3 Å². The van der Waals surface area contributed by atoms with Crippen LogP contribution in [0.1, 0.15) is 6.92 Å². The Labute approximate surface area is 145 Å². The normalized spacial score (nSPS) is 11.6. The third-order valence-corrected chi connectivity index (χ3v) is 3.32. The minimum atomic E-state index is -0.486. The van der Waals surface area contributed by atoms with Gasteiger partial charge in [0.15, 0.2) is 11.6 Å². The van der Waals surface area contributed by atoms with E-state index in [1.807, 2.05) is 37.3 Å². The maximum atomic E-state index is 14.2. The van der Waals surface area contributed by atoms with Crippen molar-refractivity contribution in [2.24, 2.45) is 0 Å². The van der Waals surface area contributed by atoms with Gasteiger partial charge in [-0.2, -0.15) is 0 Å². The van der Waals surface area contributed by atoms with Crippen LogP contribution in [0.4, 0.5) is 4.39 Å². The van der Waals surface area contributed by atoms with Crippen LogP contribution in [0.5, 0.6) is 23.1 Å². The topological polar surface area (TPSA) is 40.6 Å². The Bertz CT molecular complexity index is 797. The van der Waals surface area contributed by atoms with Gasteiger partial charge in [-0.3, -0.25) is 0 Å². The summed E-state index contributed by atoms with van der Waals surface area (Å²) in [6.07, 6.45) is 1.43. The summed E-state index contributed by atoms with van der Waals surface area (Å²) < 4.78 is 30.9. The average molecular weight is 339 g/mol. The fraction of sp³-hybridized carbons (Fsp3) is 0.150. The Morgan fingerprint density at radius 2 is 1.76 bits per heavy atom. The number of aromatic nitrogens is 1. The van der Waals surface area contributed by atoms with E-state index in [4.69, 9.17) is 14.2 Å². The number of hydrogen-bond donors (Lipinski definition) is 0. The summed E-state index contributed by atoms with van der Waals surface area (Å²) in [5.74, 6) is 1.18. The van der Waals surface area contributed by atoms with Crippen LogP contribution < -0.4 is 14.2 Å². The quantitative estimate of drug-likeness (QED) is 0.616. The molecule has 3 rings (SSSR count). The molecule has 1 atom stereocenters. The van der Waals surface area contributed by atoms with E-state index in [9.17, 15) is 4.39 Å². The van der Waals surface area contributed by atoms with Crippen molar-refractivity contribution in [2.45, 2.75) is 13.0 Å². The number of para-hydroxylation sites is 1. The molecule has 0 fully saturated rings. The zero-order chi connectivity index (χ0) is 17.5. The van der Waals surface area contributed by atoms with Crippen molar-refractivity contribution in [1.29, 1.82) is 0 Å². The van der Waals surface area contributed by atoms with E-state index in [0.29, 0.717) is 17.4 Å². The van der Waals surface area contributed by atoms with Crippen molar-refractivity contribution in [3.63, 3.8) is 0 Å². The van der Waals surface area contributed by atoms with Gasteiger partial charge in [0.2, 0.25) is 5.88 Å². The van der Waals surface area contributed by atoms with Crippen LogP contribution in [0.2, 0.25) is 0 Å². The van der Waals surface area contributed by atoms with Crippen molar-refractivity contribution in [2.75, 3.05) is 6.61 Å². The van der Waals surface area contributed by atoms with Crippen LogP contribution in [0.15, 0.2) is 72.9 Å². The van der Waals surface area contributed by atoms with Gasteiger partial charge < -0.3 is 14.2 Å². The van der Waals surface area contributed by atoms with Crippen LogP contribution in [0.3, 0.4) is 0 Å². The van der Waals surface area contributed by atoms with Gasteiger partial charge in [0.05, 0.1) is 0 Å². The van der Waals surface area contributed by atoms with Gasteiger partial charge >= 0.3 is 0 Å². The first-order chi connectivity index (χ1) is 12.2.